The largest absolute Gasteiger partial charge is 0.331 e. The van der Waals surface area contributed by atoms with Crippen LogP contribution in [-0.2, 0) is 6.42 Å². The van der Waals surface area contributed by atoms with Crippen LogP contribution in [0.5, 0.6) is 0 Å². The van der Waals surface area contributed by atoms with Gasteiger partial charge in [0.25, 0.3) is 5.91 Å². The number of hydrazine groups is 1. The third kappa shape index (κ3) is 4.54. The molecule has 0 atom stereocenters. The maximum atomic E-state index is 12.0. The second-order valence-electron chi connectivity index (χ2n) is 4.55. The number of aryl methyl sites for hydroxylation is 1. The number of rotatable bonds is 3. The van der Waals surface area contributed by atoms with Crippen LogP contribution in [0.2, 0.25) is 0 Å². The Balaban J connectivity index is 1.90. The zero-order chi connectivity index (χ0) is 15.9. The van der Waals surface area contributed by atoms with Gasteiger partial charge in [0.1, 0.15) is 0 Å². The fraction of sp³-hybridized carbons (Fsp3) is 0.125. The predicted molar refractivity (Wildman–Crippen MR) is 96.8 cm³/mol. The van der Waals surface area contributed by atoms with E-state index in [2.05, 4.69) is 39.0 Å². The lowest BCUT2D eigenvalue weighted by Crippen LogP contribution is -2.43. The first-order valence-electron chi connectivity index (χ1n) is 6.81. The quantitative estimate of drug-likeness (QED) is 0.564. The van der Waals surface area contributed by atoms with Gasteiger partial charge in [-0.1, -0.05) is 41.1 Å². The van der Waals surface area contributed by atoms with Gasteiger partial charge in [0.05, 0.1) is 0 Å². The van der Waals surface area contributed by atoms with Crippen LogP contribution in [0.1, 0.15) is 22.8 Å². The average molecular weight is 378 g/mol. The molecule has 0 aliphatic carbocycles. The highest BCUT2D eigenvalue weighted by Gasteiger charge is 2.06. The van der Waals surface area contributed by atoms with Gasteiger partial charge in [-0.2, -0.15) is 0 Å². The molecule has 0 spiro atoms. The molecule has 114 valence electrons. The number of thiocarbonyl (C=S) groups is 1. The lowest BCUT2D eigenvalue weighted by atomic mass is 10.1. The molecule has 3 N–H and O–H groups in total. The van der Waals surface area contributed by atoms with Gasteiger partial charge in [-0.05, 0) is 54.5 Å². The van der Waals surface area contributed by atoms with Crippen LogP contribution in [0.3, 0.4) is 0 Å². The molecule has 0 saturated carbocycles. The fourth-order valence-corrected chi connectivity index (χ4v) is 2.32. The molecule has 0 aliphatic heterocycles. The molecule has 0 aromatic heterocycles. The number of carbonyl (C=O) groups is 1. The SMILES string of the molecule is CCc1ccccc1NC(=S)NNC(=O)c1ccc(Br)cc1. The van der Waals surface area contributed by atoms with Crippen LogP contribution in [0.15, 0.2) is 53.0 Å². The van der Waals surface area contributed by atoms with Crippen molar-refractivity contribution in [3.05, 3.63) is 64.1 Å². The molecule has 22 heavy (non-hydrogen) atoms. The van der Waals surface area contributed by atoms with Crippen molar-refractivity contribution in [3.8, 4) is 0 Å². The van der Waals surface area contributed by atoms with Crippen LogP contribution >= 0.6 is 28.1 Å². The van der Waals surface area contributed by atoms with Gasteiger partial charge >= 0.3 is 0 Å². The summed E-state index contributed by atoms with van der Waals surface area (Å²) in [7, 11) is 0. The topological polar surface area (TPSA) is 53.2 Å². The molecule has 0 fully saturated rings. The Hall–Kier alpha value is -1.92. The average Bonchev–Trinajstić information content (AvgIpc) is 2.54. The minimum Gasteiger partial charge on any atom is -0.331 e. The van der Waals surface area contributed by atoms with E-state index in [1.54, 1.807) is 12.1 Å². The van der Waals surface area contributed by atoms with Gasteiger partial charge in [-0.3, -0.25) is 15.6 Å². The second-order valence-corrected chi connectivity index (χ2v) is 5.87. The van der Waals surface area contributed by atoms with E-state index in [0.717, 1.165) is 22.1 Å². The summed E-state index contributed by atoms with van der Waals surface area (Å²) in [5.74, 6) is -0.250. The number of anilines is 1. The van der Waals surface area contributed by atoms with E-state index in [9.17, 15) is 4.79 Å². The van der Waals surface area contributed by atoms with Crippen molar-refractivity contribution < 1.29 is 4.79 Å². The van der Waals surface area contributed by atoms with Gasteiger partial charge in [0.2, 0.25) is 0 Å². The summed E-state index contributed by atoms with van der Waals surface area (Å²) >= 11 is 8.52. The minimum absolute atomic E-state index is 0.250. The first-order valence-corrected chi connectivity index (χ1v) is 8.01. The number of para-hydroxylation sites is 1. The molecule has 1 amide bonds. The highest BCUT2D eigenvalue weighted by molar-refractivity contribution is 9.10. The van der Waals surface area contributed by atoms with Crippen molar-refractivity contribution >= 4 is 44.9 Å². The summed E-state index contributed by atoms with van der Waals surface area (Å²) in [5.41, 5.74) is 7.91. The molecule has 2 aromatic rings. The van der Waals surface area contributed by atoms with Crippen LogP contribution in [-0.4, -0.2) is 11.0 Å². The standard InChI is InChI=1S/C16H16BrN3OS/c1-2-11-5-3-4-6-14(11)18-16(22)20-19-15(21)12-7-9-13(17)10-8-12/h3-10H,2H2,1H3,(H,19,21)(H2,18,20,22). The Morgan fingerprint density at radius 1 is 1.09 bits per heavy atom. The van der Waals surface area contributed by atoms with Crippen molar-refractivity contribution in [2.24, 2.45) is 0 Å². The van der Waals surface area contributed by atoms with Crippen LogP contribution < -0.4 is 16.2 Å². The Morgan fingerprint density at radius 2 is 1.77 bits per heavy atom. The summed E-state index contributed by atoms with van der Waals surface area (Å²) in [6, 6.07) is 15.0. The molecular weight excluding hydrogens is 362 g/mol. The van der Waals surface area contributed by atoms with Crippen molar-refractivity contribution in [3.63, 3.8) is 0 Å². The summed E-state index contributed by atoms with van der Waals surface area (Å²) in [6.45, 7) is 2.08. The van der Waals surface area contributed by atoms with E-state index in [1.807, 2.05) is 36.4 Å². The van der Waals surface area contributed by atoms with Gasteiger partial charge in [0.15, 0.2) is 5.11 Å². The molecule has 0 unspecified atom stereocenters. The zero-order valence-corrected chi connectivity index (χ0v) is 14.4. The number of halogens is 1. The number of nitrogens with one attached hydrogen (secondary N) is 3. The molecule has 0 radical (unpaired) electrons. The van der Waals surface area contributed by atoms with E-state index in [1.165, 1.54) is 0 Å². The Bertz CT molecular complexity index is 673. The molecule has 0 aliphatic rings. The molecular formula is C16H16BrN3OS. The van der Waals surface area contributed by atoms with Crippen molar-refractivity contribution in [2.75, 3.05) is 5.32 Å². The van der Waals surface area contributed by atoms with E-state index in [0.29, 0.717) is 10.7 Å². The van der Waals surface area contributed by atoms with Gasteiger partial charge in [-0.25, -0.2) is 0 Å². The highest BCUT2D eigenvalue weighted by Crippen LogP contribution is 2.15. The molecule has 0 heterocycles. The first kappa shape index (κ1) is 16.5. The Labute approximate surface area is 143 Å². The van der Waals surface area contributed by atoms with Crippen LogP contribution in [0, 0.1) is 0 Å². The highest BCUT2D eigenvalue weighted by atomic mass is 79.9. The van der Waals surface area contributed by atoms with Crippen molar-refractivity contribution in [2.45, 2.75) is 13.3 Å². The van der Waals surface area contributed by atoms with E-state index in [-0.39, 0.29) is 5.91 Å². The molecule has 2 rings (SSSR count). The Morgan fingerprint density at radius 3 is 2.45 bits per heavy atom. The summed E-state index contributed by atoms with van der Waals surface area (Å²) in [5, 5.41) is 3.41. The summed E-state index contributed by atoms with van der Waals surface area (Å²) < 4.78 is 0.922. The van der Waals surface area contributed by atoms with E-state index in [4.69, 9.17) is 12.2 Å². The predicted octanol–water partition coefficient (Wildman–Crippen LogP) is 3.64. The normalized spacial score (nSPS) is 9.91. The number of hydrogen-bond acceptors (Lipinski definition) is 2. The van der Waals surface area contributed by atoms with Gasteiger partial charge in [0, 0.05) is 15.7 Å². The van der Waals surface area contributed by atoms with E-state index >= 15 is 0 Å². The molecule has 0 saturated heterocycles. The molecule has 6 heteroatoms. The lowest BCUT2D eigenvalue weighted by Gasteiger charge is -2.14. The van der Waals surface area contributed by atoms with Crippen LogP contribution in [0.4, 0.5) is 5.69 Å². The van der Waals surface area contributed by atoms with Gasteiger partial charge in [-0.15, -0.1) is 0 Å². The minimum atomic E-state index is -0.250. The number of benzene rings is 2. The Kier molecular flexibility index (Phi) is 5.91. The first-order chi connectivity index (χ1) is 10.6. The monoisotopic (exact) mass is 377 g/mol. The molecule has 4 nitrogen and oxygen atoms in total. The smallest absolute Gasteiger partial charge is 0.269 e. The third-order valence-corrected chi connectivity index (χ3v) is 3.78. The van der Waals surface area contributed by atoms with Crippen molar-refractivity contribution in [1.82, 2.24) is 10.9 Å². The summed E-state index contributed by atoms with van der Waals surface area (Å²) in [4.78, 5) is 12.0. The van der Waals surface area contributed by atoms with Gasteiger partial charge < -0.3 is 5.32 Å². The van der Waals surface area contributed by atoms with Crippen LogP contribution in [0.25, 0.3) is 0 Å². The lowest BCUT2D eigenvalue weighted by molar-refractivity contribution is 0.0944. The van der Waals surface area contributed by atoms with Crippen molar-refractivity contribution in [1.29, 1.82) is 0 Å². The fourth-order valence-electron chi connectivity index (χ4n) is 1.89. The summed E-state index contributed by atoms with van der Waals surface area (Å²) in [6.07, 6.45) is 0.900. The second kappa shape index (κ2) is 7.91. The number of amides is 1. The maximum absolute atomic E-state index is 12.0. The zero-order valence-electron chi connectivity index (χ0n) is 12.0. The van der Waals surface area contributed by atoms with E-state index < -0.39 is 0 Å². The number of hydrogen-bond donors (Lipinski definition) is 3. The number of carbonyl (C=O) groups excluding carboxylic acids is 1. The molecule has 2 aromatic carbocycles. The molecule has 0 bridgehead atoms. The maximum Gasteiger partial charge on any atom is 0.269 e. The third-order valence-electron chi connectivity index (χ3n) is 3.04.